The van der Waals surface area contributed by atoms with Gasteiger partial charge < -0.3 is 15.0 Å². The normalized spacial score (nSPS) is 11.5. The Morgan fingerprint density at radius 3 is 2.17 bits per heavy atom. The molecule has 0 bridgehead atoms. The zero-order valence-corrected chi connectivity index (χ0v) is 21.6. The van der Waals surface area contributed by atoms with Gasteiger partial charge in [-0.05, 0) is 36.2 Å². The molecule has 0 aromatic heterocycles. The lowest BCUT2D eigenvalue weighted by molar-refractivity contribution is -0.142. The number of ether oxygens (including phenoxy) is 1. The molecule has 0 saturated heterocycles. The molecule has 3 rings (SSSR count). The number of nitrogens with one attached hydrogen (secondary N) is 1. The van der Waals surface area contributed by atoms with Crippen molar-refractivity contribution in [2.45, 2.75) is 32.4 Å². The van der Waals surface area contributed by atoms with Crippen molar-refractivity contribution in [2.24, 2.45) is 0 Å². The van der Waals surface area contributed by atoms with E-state index in [1.54, 1.807) is 42.5 Å². The van der Waals surface area contributed by atoms with Gasteiger partial charge in [-0.3, -0.25) is 9.59 Å². The summed E-state index contributed by atoms with van der Waals surface area (Å²) in [5, 5.41) is 4.14. The molecule has 1 N–H and O–H groups in total. The lowest BCUT2D eigenvalue weighted by atomic mass is 10.0. The molecule has 0 heterocycles. The van der Waals surface area contributed by atoms with E-state index < -0.39 is 11.9 Å². The second-order valence-corrected chi connectivity index (χ2v) is 9.16. The SMILES string of the molecule is CCCNC(=O)[C@H](Cc1ccccc1)N(Cc1c(Cl)cccc1Cl)C(=O)COc1ccccc1Cl. The minimum atomic E-state index is -0.807. The first-order chi connectivity index (χ1) is 16.9. The van der Waals surface area contributed by atoms with Crippen molar-refractivity contribution in [3.8, 4) is 5.75 Å². The van der Waals surface area contributed by atoms with Gasteiger partial charge >= 0.3 is 0 Å². The van der Waals surface area contributed by atoms with Crippen LogP contribution in [0, 0.1) is 0 Å². The highest BCUT2D eigenvalue weighted by Gasteiger charge is 2.31. The molecule has 8 heteroatoms. The fourth-order valence-electron chi connectivity index (χ4n) is 3.56. The summed E-state index contributed by atoms with van der Waals surface area (Å²) in [5.74, 6) is -0.272. The summed E-state index contributed by atoms with van der Waals surface area (Å²) in [6.45, 7) is 2.20. The molecule has 3 aromatic carbocycles. The van der Waals surface area contributed by atoms with Crippen LogP contribution in [0.25, 0.3) is 0 Å². The first kappa shape index (κ1) is 26.9. The highest BCUT2D eigenvalue weighted by atomic mass is 35.5. The molecular formula is C27H27Cl3N2O3. The predicted molar refractivity (Wildman–Crippen MR) is 141 cm³/mol. The molecule has 184 valence electrons. The van der Waals surface area contributed by atoms with Crippen molar-refractivity contribution in [1.29, 1.82) is 0 Å². The first-order valence-corrected chi connectivity index (χ1v) is 12.5. The summed E-state index contributed by atoms with van der Waals surface area (Å²) in [5.41, 5.74) is 1.47. The first-order valence-electron chi connectivity index (χ1n) is 11.3. The van der Waals surface area contributed by atoms with Crippen LogP contribution in [0.4, 0.5) is 0 Å². The van der Waals surface area contributed by atoms with E-state index in [-0.39, 0.29) is 19.1 Å². The van der Waals surface area contributed by atoms with Crippen LogP contribution in [-0.4, -0.2) is 35.9 Å². The van der Waals surface area contributed by atoms with Gasteiger partial charge in [-0.2, -0.15) is 0 Å². The van der Waals surface area contributed by atoms with Crippen LogP contribution in [0.1, 0.15) is 24.5 Å². The van der Waals surface area contributed by atoms with Crippen LogP contribution in [0.5, 0.6) is 5.75 Å². The summed E-state index contributed by atoms with van der Waals surface area (Å²) in [4.78, 5) is 28.3. The number of nitrogens with zero attached hydrogens (tertiary/aromatic N) is 1. The number of benzene rings is 3. The minimum Gasteiger partial charge on any atom is -0.482 e. The molecule has 0 aliphatic carbocycles. The van der Waals surface area contributed by atoms with Gasteiger partial charge in [0.15, 0.2) is 6.61 Å². The van der Waals surface area contributed by atoms with E-state index in [1.165, 1.54) is 4.90 Å². The van der Waals surface area contributed by atoms with Gasteiger partial charge in [0.25, 0.3) is 5.91 Å². The molecule has 0 spiro atoms. The van der Waals surface area contributed by atoms with Crippen molar-refractivity contribution in [3.05, 3.63) is 99.0 Å². The average Bonchev–Trinajstić information content (AvgIpc) is 2.86. The van der Waals surface area contributed by atoms with Crippen molar-refractivity contribution in [2.75, 3.05) is 13.2 Å². The number of hydrogen-bond acceptors (Lipinski definition) is 3. The van der Waals surface area contributed by atoms with Crippen LogP contribution in [0.2, 0.25) is 15.1 Å². The van der Waals surface area contributed by atoms with E-state index >= 15 is 0 Å². The van der Waals surface area contributed by atoms with E-state index in [2.05, 4.69) is 5.32 Å². The third-order valence-electron chi connectivity index (χ3n) is 5.40. The molecule has 0 aliphatic rings. The zero-order valence-electron chi connectivity index (χ0n) is 19.3. The van der Waals surface area contributed by atoms with Crippen LogP contribution >= 0.6 is 34.8 Å². The molecule has 1 atom stereocenters. The van der Waals surface area contributed by atoms with Gasteiger partial charge in [-0.1, -0.05) is 90.3 Å². The molecule has 0 radical (unpaired) electrons. The second-order valence-electron chi connectivity index (χ2n) is 7.94. The van der Waals surface area contributed by atoms with Gasteiger partial charge in [0.1, 0.15) is 11.8 Å². The smallest absolute Gasteiger partial charge is 0.261 e. The zero-order chi connectivity index (χ0) is 25.2. The van der Waals surface area contributed by atoms with Gasteiger partial charge in [0, 0.05) is 35.1 Å². The van der Waals surface area contributed by atoms with Crippen molar-refractivity contribution < 1.29 is 14.3 Å². The van der Waals surface area contributed by atoms with Crippen molar-refractivity contribution in [3.63, 3.8) is 0 Å². The van der Waals surface area contributed by atoms with Crippen LogP contribution in [0.15, 0.2) is 72.8 Å². The second kappa shape index (κ2) is 13.4. The number of halogens is 3. The van der Waals surface area contributed by atoms with Crippen LogP contribution < -0.4 is 10.1 Å². The lowest BCUT2D eigenvalue weighted by Gasteiger charge is -2.32. The highest BCUT2D eigenvalue weighted by molar-refractivity contribution is 6.36. The van der Waals surface area contributed by atoms with E-state index in [0.717, 1.165) is 12.0 Å². The number of rotatable bonds is 11. The molecule has 35 heavy (non-hydrogen) atoms. The predicted octanol–water partition coefficient (Wildman–Crippen LogP) is 6.19. The fraction of sp³-hybridized carbons (Fsp3) is 0.259. The molecule has 3 aromatic rings. The summed E-state index contributed by atoms with van der Waals surface area (Å²) in [6.07, 6.45) is 1.08. The summed E-state index contributed by atoms with van der Waals surface area (Å²) < 4.78 is 5.72. The molecule has 0 fully saturated rings. The summed E-state index contributed by atoms with van der Waals surface area (Å²) in [7, 11) is 0. The third-order valence-corrected chi connectivity index (χ3v) is 6.42. The van der Waals surface area contributed by atoms with Crippen LogP contribution in [-0.2, 0) is 22.6 Å². The number of amides is 2. The number of para-hydroxylation sites is 1. The number of hydrogen-bond donors (Lipinski definition) is 1. The Balaban J connectivity index is 1.95. The maximum atomic E-state index is 13.6. The largest absolute Gasteiger partial charge is 0.482 e. The maximum absolute atomic E-state index is 13.6. The summed E-state index contributed by atoms with van der Waals surface area (Å²) >= 11 is 19.0. The van der Waals surface area contributed by atoms with Gasteiger partial charge in [0.2, 0.25) is 5.91 Å². The Morgan fingerprint density at radius 2 is 1.51 bits per heavy atom. The third kappa shape index (κ3) is 7.63. The Hall–Kier alpha value is -2.73. The van der Waals surface area contributed by atoms with E-state index in [1.807, 2.05) is 37.3 Å². The van der Waals surface area contributed by atoms with Gasteiger partial charge in [0.05, 0.1) is 5.02 Å². The molecule has 0 saturated carbocycles. The Morgan fingerprint density at radius 1 is 0.886 bits per heavy atom. The molecule has 0 aliphatic heterocycles. The van der Waals surface area contributed by atoms with Gasteiger partial charge in [-0.25, -0.2) is 0 Å². The Kier molecular flexibility index (Phi) is 10.3. The highest BCUT2D eigenvalue weighted by Crippen LogP contribution is 2.28. The lowest BCUT2D eigenvalue weighted by Crippen LogP contribution is -2.51. The quantitative estimate of drug-likeness (QED) is 0.320. The van der Waals surface area contributed by atoms with Crippen LogP contribution in [0.3, 0.4) is 0 Å². The molecule has 5 nitrogen and oxygen atoms in total. The monoisotopic (exact) mass is 532 g/mol. The minimum absolute atomic E-state index is 0.0419. The molecule has 2 amide bonds. The average molecular weight is 534 g/mol. The van der Waals surface area contributed by atoms with E-state index in [0.29, 0.717) is 39.3 Å². The van der Waals surface area contributed by atoms with Crippen molar-refractivity contribution in [1.82, 2.24) is 10.2 Å². The molecular weight excluding hydrogens is 507 g/mol. The Labute approximate surface area is 220 Å². The van der Waals surface area contributed by atoms with Crippen molar-refractivity contribution >= 4 is 46.6 Å². The number of carbonyl (C=O) groups is 2. The standard InChI is InChI=1S/C27H27Cl3N2O3/c1-2-15-31-27(34)24(16-19-9-4-3-5-10-19)32(17-20-21(28)12-8-13-22(20)29)26(33)18-35-25-14-7-6-11-23(25)30/h3-14,24H,2,15-18H2,1H3,(H,31,34)/t24-/m0/s1. The van der Waals surface area contributed by atoms with E-state index in [4.69, 9.17) is 39.5 Å². The maximum Gasteiger partial charge on any atom is 0.261 e. The van der Waals surface area contributed by atoms with Gasteiger partial charge in [-0.15, -0.1) is 0 Å². The topological polar surface area (TPSA) is 58.6 Å². The fourth-order valence-corrected chi connectivity index (χ4v) is 4.27. The summed E-state index contributed by atoms with van der Waals surface area (Å²) in [6, 6.07) is 20.8. The number of carbonyl (C=O) groups excluding carboxylic acids is 2. The Bertz CT molecular complexity index is 1120. The van der Waals surface area contributed by atoms with E-state index in [9.17, 15) is 9.59 Å². The molecule has 0 unspecified atom stereocenters.